The van der Waals surface area contributed by atoms with E-state index in [1.807, 2.05) is 0 Å². The van der Waals surface area contributed by atoms with Crippen LogP contribution in [0.1, 0.15) is 58.6 Å². The van der Waals surface area contributed by atoms with Crippen LogP contribution in [0.5, 0.6) is 0 Å². The van der Waals surface area contributed by atoms with Crippen molar-refractivity contribution in [3.8, 4) is 0 Å². The topological polar surface area (TPSA) is 29.5 Å². The Morgan fingerprint density at radius 2 is 1.64 bits per heavy atom. The smallest absolute Gasteiger partial charge is 0.416 e. The fraction of sp³-hybridized carbons (Fsp3) is 0.625. The third-order valence-corrected chi connectivity index (χ3v) is 3.97. The van der Waals surface area contributed by atoms with Crippen LogP contribution in [-0.4, -0.2) is 23.8 Å². The molecule has 0 aliphatic heterocycles. The average Bonchev–Trinajstić information content (AvgIpc) is 2.33. The zero-order valence-electron chi connectivity index (χ0n) is 13.9. The van der Waals surface area contributed by atoms with Crippen LogP contribution in [0.15, 0.2) is 18.2 Å². The Balaban J connectivity index is 3.02. The van der Waals surface area contributed by atoms with Crippen LogP contribution < -0.4 is 5.46 Å². The highest BCUT2D eigenvalue weighted by Crippen LogP contribution is 2.34. The van der Waals surface area contributed by atoms with Gasteiger partial charge in [0.1, 0.15) is 0 Å². The Bertz CT molecular complexity index is 517. The molecule has 123 valence electrons. The Kier molecular flexibility index (Phi) is 5.40. The summed E-state index contributed by atoms with van der Waals surface area (Å²) >= 11 is 0. The van der Waals surface area contributed by atoms with Crippen molar-refractivity contribution in [3.63, 3.8) is 0 Å². The molecule has 6 heteroatoms. The lowest BCUT2D eigenvalue weighted by molar-refractivity contribution is -0.138. The van der Waals surface area contributed by atoms with Crippen LogP contribution in [0.3, 0.4) is 0 Å². The highest BCUT2D eigenvalue weighted by Gasteiger charge is 2.36. The second kappa shape index (κ2) is 6.24. The van der Waals surface area contributed by atoms with Gasteiger partial charge in [0.15, 0.2) is 0 Å². The van der Waals surface area contributed by atoms with Crippen molar-refractivity contribution in [3.05, 3.63) is 29.3 Å². The van der Waals surface area contributed by atoms with E-state index in [2.05, 4.69) is 0 Å². The fourth-order valence-corrected chi connectivity index (χ4v) is 1.75. The number of rotatable bonds is 5. The molecule has 0 fully saturated rings. The van der Waals surface area contributed by atoms with Gasteiger partial charge >= 0.3 is 13.7 Å². The quantitative estimate of drug-likeness (QED) is 0.841. The fourth-order valence-electron chi connectivity index (χ4n) is 1.75. The van der Waals surface area contributed by atoms with E-state index in [0.29, 0.717) is 5.46 Å². The van der Waals surface area contributed by atoms with Gasteiger partial charge in [-0.25, -0.2) is 0 Å². The maximum atomic E-state index is 13.0. The molecule has 0 aromatic heterocycles. The molecule has 1 N–H and O–H groups in total. The van der Waals surface area contributed by atoms with Crippen LogP contribution in [0, 0.1) is 0 Å². The number of halogens is 3. The minimum absolute atomic E-state index is 0.228. The molecule has 0 atom stereocenters. The van der Waals surface area contributed by atoms with E-state index in [0.717, 1.165) is 6.07 Å². The predicted molar refractivity (Wildman–Crippen MR) is 82.4 cm³/mol. The van der Waals surface area contributed by atoms with E-state index in [1.165, 1.54) is 19.6 Å². The summed E-state index contributed by atoms with van der Waals surface area (Å²) in [6.07, 6.45) is -4.37. The summed E-state index contributed by atoms with van der Waals surface area (Å²) in [5.74, 6) is -0.257. The van der Waals surface area contributed by atoms with E-state index in [-0.39, 0.29) is 11.5 Å². The van der Waals surface area contributed by atoms with Crippen LogP contribution >= 0.6 is 0 Å². The summed E-state index contributed by atoms with van der Waals surface area (Å²) in [7, 11) is 1.39. The number of hydrogen-bond donors (Lipinski definition) is 1. The van der Waals surface area contributed by atoms with Crippen LogP contribution in [0.2, 0.25) is 0 Å². The van der Waals surface area contributed by atoms with Crippen LogP contribution in [-0.2, 0) is 10.8 Å². The van der Waals surface area contributed by atoms with Gasteiger partial charge in [-0.3, -0.25) is 0 Å². The second-order valence-electron chi connectivity index (χ2n) is 6.80. The van der Waals surface area contributed by atoms with Gasteiger partial charge in [0.05, 0.1) is 16.8 Å². The Labute approximate surface area is 131 Å². The molecule has 1 radical (unpaired) electrons. The minimum Gasteiger partial charge on any atom is -0.427 e. The molecule has 1 rings (SSSR count). The highest BCUT2D eigenvalue weighted by atomic mass is 19.4. The molecular weight excluding hydrogens is 292 g/mol. The molecule has 0 aliphatic rings. The maximum absolute atomic E-state index is 13.0. The van der Waals surface area contributed by atoms with Crippen molar-refractivity contribution >= 4 is 12.9 Å². The van der Waals surface area contributed by atoms with Crippen molar-refractivity contribution in [1.29, 1.82) is 0 Å². The van der Waals surface area contributed by atoms with Gasteiger partial charge in [-0.2, -0.15) is 13.2 Å². The molecule has 0 spiro atoms. The molecule has 0 amide bonds. The summed E-state index contributed by atoms with van der Waals surface area (Å²) in [6.45, 7) is 10.1. The standard InChI is InChI=1S/C16H23BF3O2/c1-10(2)12-9-11(7-8-13(12)16(18,19)20)17-22-15(5,6)14(3,4)21/h7-10,21H,1-6H3. The molecular formula is C16H23BF3O2. The molecule has 0 heterocycles. The first kappa shape index (κ1) is 19.0. The van der Waals surface area contributed by atoms with Gasteiger partial charge in [0, 0.05) is 0 Å². The normalized spacial score (nSPS) is 13.6. The summed E-state index contributed by atoms with van der Waals surface area (Å²) < 4.78 is 44.6. The van der Waals surface area contributed by atoms with Crippen LogP contribution in [0.4, 0.5) is 13.2 Å². The largest absolute Gasteiger partial charge is 0.427 e. The lowest BCUT2D eigenvalue weighted by Crippen LogP contribution is -2.49. The Morgan fingerprint density at radius 3 is 2.05 bits per heavy atom. The van der Waals surface area contributed by atoms with Crippen molar-refractivity contribution in [1.82, 2.24) is 0 Å². The third-order valence-electron chi connectivity index (χ3n) is 3.97. The highest BCUT2D eigenvalue weighted by molar-refractivity contribution is 6.47. The monoisotopic (exact) mass is 315 g/mol. The first-order valence-electron chi connectivity index (χ1n) is 7.20. The zero-order chi connectivity index (χ0) is 17.3. The van der Waals surface area contributed by atoms with Gasteiger partial charge in [-0.1, -0.05) is 37.5 Å². The zero-order valence-corrected chi connectivity index (χ0v) is 13.9. The number of hydrogen-bond acceptors (Lipinski definition) is 2. The number of benzene rings is 1. The first-order valence-corrected chi connectivity index (χ1v) is 7.20. The van der Waals surface area contributed by atoms with Gasteiger partial charge in [0.25, 0.3) is 0 Å². The van der Waals surface area contributed by atoms with Crippen molar-refractivity contribution in [2.75, 3.05) is 0 Å². The van der Waals surface area contributed by atoms with E-state index in [4.69, 9.17) is 4.65 Å². The Hall–Kier alpha value is -1.01. The molecule has 0 aliphatic carbocycles. The molecule has 0 saturated carbocycles. The number of aliphatic hydroxyl groups is 1. The molecule has 0 saturated heterocycles. The van der Waals surface area contributed by atoms with Crippen molar-refractivity contribution in [2.45, 2.75) is 64.8 Å². The van der Waals surface area contributed by atoms with Gasteiger partial charge in [0.2, 0.25) is 0 Å². The summed E-state index contributed by atoms with van der Waals surface area (Å²) in [5, 5.41) is 10.0. The minimum atomic E-state index is -4.37. The molecule has 1 aromatic rings. The Morgan fingerprint density at radius 1 is 1.09 bits per heavy atom. The third kappa shape index (κ3) is 4.49. The van der Waals surface area contributed by atoms with Crippen LogP contribution in [0.25, 0.3) is 0 Å². The van der Waals surface area contributed by atoms with Gasteiger partial charge < -0.3 is 9.76 Å². The van der Waals surface area contributed by atoms with E-state index < -0.39 is 22.9 Å². The molecule has 0 bridgehead atoms. The SMILES string of the molecule is CC(C)c1cc([B]OC(C)(C)C(C)(C)O)ccc1C(F)(F)F. The maximum Gasteiger partial charge on any atom is 0.416 e. The molecule has 0 unspecified atom stereocenters. The second-order valence-corrected chi connectivity index (χ2v) is 6.80. The van der Waals surface area contributed by atoms with Gasteiger partial charge in [-0.15, -0.1) is 0 Å². The molecule has 1 aromatic carbocycles. The van der Waals surface area contributed by atoms with E-state index in [1.54, 1.807) is 41.5 Å². The molecule has 2 nitrogen and oxygen atoms in total. The summed E-state index contributed by atoms with van der Waals surface area (Å²) in [4.78, 5) is 0. The summed E-state index contributed by atoms with van der Waals surface area (Å²) in [5.41, 5.74) is -1.81. The average molecular weight is 315 g/mol. The molecule has 22 heavy (non-hydrogen) atoms. The lowest BCUT2D eigenvalue weighted by atomic mass is 9.80. The lowest BCUT2D eigenvalue weighted by Gasteiger charge is -2.37. The predicted octanol–water partition coefficient (Wildman–Crippen LogP) is 3.64. The van der Waals surface area contributed by atoms with E-state index >= 15 is 0 Å². The van der Waals surface area contributed by atoms with E-state index in [9.17, 15) is 18.3 Å². The van der Waals surface area contributed by atoms with Crippen molar-refractivity contribution in [2.24, 2.45) is 0 Å². The van der Waals surface area contributed by atoms with Crippen molar-refractivity contribution < 1.29 is 22.9 Å². The van der Waals surface area contributed by atoms with Gasteiger partial charge in [-0.05, 0) is 39.2 Å². The number of alkyl halides is 3. The first-order chi connectivity index (χ1) is 9.75. The summed E-state index contributed by atoms with van der Waals surface area (Å²) in [6, 6.07) is 3.92.